The van der Waals surface area contributed by atoms with Gasteiger partial charge in [0.1, 0.15) is 11.9 Å². The molecular weight excluding hydrogens is 607 g/mol. The number of carbonyl (C=O) groups excluding carboxylic acids is 1. The first-order valence-corrected chi connectivity index (χ1v) is 15.9. The number of rotatable bonds is 10. The van der Waals surface area contributed by atoms with Crippen molar-refractivity contribution in [2.45, 2.75) is 70.0 Å². The molecule has 0 bridgehead atoms. The summed E-state index contributed by atoms with van der Waals surface area (Å²) in [7, 11) is 0. The van der Waals surface area contributed by atoms with Crippen LogP contribution in [0.5, 0.6) is 0 Å². The van der Waals surface area contributed by atoms with Gasteiger partial charge in [0.2, 0.25) is 0 Å². The standard InChI is InChI=1S/C30H36F3N9O2S/c1-5-44-27(43)22-20(35-25(26-34-11-14-45-26)36-23(22)18-7-6-8-19(31)17(18)2)15-42-16-30(32,33)24-21(42)9-12-41(24)13-10-29(3,4)28-37-39-40-38-28/h6-8,11,14,21,23-24H,5,9-10,12-13,15-16H2,1-4H3,(H,35,36)(H,37,38,39,40)/t21-,23-,24+/m0/s1. The van der Waals surface area contributed by atoms with Crippen LogP contribution in [0.1, 0.15) is 61.6 Å². The largest absolute Gasteiger partial charge is 0.463 e. The zero-order valence-electron chi connectivity index (χ0n) is 25.6. The summed E-state index contributed by atoms with van der Waals surface area (Å²) < 4.78 is 51.9. The van der Waals surface area contributed by atoms with Crippen LogP contribution in [0.2, 0.25) is 0 Å². The summed E-state index contributed by atoms with van der Waals surface area (Å²) >= 11 is 1.35. The number of tetrazole rings is 1. The first-order chi connectivity index (χ1) is 21.5. The maximum atomic E-state index is 15.8. The Labute approximate surface area is 263 Å². The molecule has 11 nitrogen and oxygen atoms in total. The van der Waals surface area contributed by atoms with Crippen molar-refractivity contribution >= 4 is 23.1 Å². The van der Waals surface area contributed by atoms with Gasteiger partial charge < -0.3 is 10.1 Å². The van der Waals surface area contributed by atoms with Crippen molar-refractivity contribution in [1.29, 1.82) is 0 Å². The number of alkyl halides is 2. The number of aromatic nitrogens is 5. The Morgan fingerprint density at radius 3 is 2.80 bits per heavy atom. The summed E-state index contributed by atoms with van der Waals surface area (Å²) in [5.41, 5.74) is 0.965. The normalized spacial score (nSPS) is 23.6. The first kappa shape index (κ1) is 31.3. The van der Waals surface area contributed by atoms with E-state index in [0.717, 1.165) is 0 Å². The number of likely N-dealkylation sites (tertiary alicyclic amines) is 2. The number of aliphatic imine (C=N–C) groups is 1. The van der Waals surface area contributed by atoms with Crippen LogP contribution >= 0.6 is 11.3 Å². The van der Waals surface area contributed by atoms with E-state index in [9.17, 15) is 9.18 Å². The van der Waals surface area contributed by atoms with Gasteiger partial charge in [0.25, 0.3) is 5.92 Å². The fourth-order valence-electron chi connectivity index (χ4n) is 6.63. The van der Waals surface area contributed by atoms with Crippen molar-refractivity contribution in [3.63, 3.8) is 0 Å². The predicted octanol–water partition coefficient (Wildman–Crippen LogP) is 3.77. The molecule has 2 N–H and O–H groups in total. The van der Waals surface area contributed by atoms with Crippen LogP contribution in [0.15, 0.2) is 46.0 Å². The number of amidine groups is 1. The number of halogens is 3. The lowest BCUT2D eigenvalue weighted by atomic mass is 9.88. The number of fused-ring (bicyclic) bond motifs is 1. The molecule has 240 valence electrons. The molecule has 3 aromatic rings. The maximum Gasteiger partial charge on any atom is 0.338 e. The Balaban J connectivity index is 1.32. The highest BCUT2D eigenvalue weighted by Crippen LogP contribution is 2.43. The summed E-state index contributed by atoms with van der Waals surface area (Å²) in [6.07, 6.45) is 2.76. The van der Waals surface area contributed by atoms with E-state index in [1.54, 1.807) is 42.5 Å². The van der Waals surface area contributed by atoms with Crippen molar-refractivity contribution in [2.75, 3.05) is 32.8 Å². The van der Waals surface area contributed by atoms with Gasteiger partial charge in [-0.15, -0.1) is 21.5 Å². The second-order valence-electron chi connectivity index (χ2n) is 12.3. The third-order valence-electron chi connectivity index (χ3n) is 8.98. The number of carbonyl (C=O) groups is 1. The number of aromatic amines is 1. The summed E-state index contributed by atoms with van der Waals surface area (Å²) in [6, 6.07) is 2.30. The first-order valence-electron chi connectivity index (χ1n) is 15.0. The lowest BCUT2D eigenvalue weighted by Gasteiger charge is -2.31. The average Bonchev–Trinajstić information content (AvgIpc) is 3.81. The van der Waals surface area contributed by atoms with Crippen LogP contribution in [0, 0.1) is 12.7 Å². The van der Waals surface area contributed by atoms with Gasteiger partial charge >= 0.3 is 5.97 Å². The molecule has 3 aliphatic rings. The second kappa shape index (κ2) is 12.2. The van der Waals surface area contributed by atoms with Gasteiger partial charge in [-0.2, -0.15) is 5.21 Å². The van der Waals surface area contributed by atoms with Gasteiger partial charge in [0.05, 0.1) is 24.8 Å². The smallest absolute Gasteiger partial charge is 0.338 e. The second-order valence-corrected chi connectivity index (χ2v) is 13.2. The molecule has 3 atom stereocenters. The average molecular weight is 644 g/mol. The highest BCUT2D eigenvalue weighted by Gasteiger charge is 2.59. The summed E-state index contributed by atoms with van der Waals surface area (Å²) in [4.78, 5) is 26.4. The predicted molar refractivity (Wildman–Crippen MR) is 161 cm³/mol. The highest BCUT2D eigenvalue weighted by atomic mass is 32.1. The molecule has 0 saturated carbocycles. The molecule has 5 heterocycles. The maximum absolute atomic E-state index is 15.8. The van der Waals surface area contributed by atoms with E-state index in [1.807, 2.05) is 18.7 Å². The van der Waals surface area contributed by atoms with E-state index in [0.29, 0.717) is 59.4 Å². The van der Waals surface area contributed by atoms with E-state index in [1.165, 1.54) is 17.4 Å². The Bertz CT molecular complexity index is 1590. The zero-order valence-corrected chi connectivity index (χ0v) is 26.4. The number of hydrogen-bond acceptors (Lipinski definition) is 11. The SMILES string of the molecule is CCOC(=O)C1=C(CN2CC(F)(F)[C@H]3[C@@H]2CCN3CCC(C)(C)c2nn[nH]n2)NC(c2nccs2)=N[C@H]1c1cccc(F)c1C. The number of hydrogen-bond donors (Lipinski definition) is 2. The van der Waals surface area contributed by atoms with Crippen molar-refractivity contribution in [3.8, 4) is 0 Å². The minimum Gasteiger partial charge on any atom is -0.463 e. The van der Waals surface area contributed by atoms with Gasteiger partial charge in [0.15, 0.2) is 16.7 Å². The quantitative estimate of drug-likeness (QED) is 0.318. The molecule has 6 rings (SSSR count). The number of thiazole rings is 1. The van der Waals surface area contributed by atoms with Gasteiger partial charge in [-0.3, -0.25) is 14.8 Å². The molecule has 2 saturated heterocycles. The lowest BCUT2D eigenvalue weighted by molar-refractivity contribution is -0.139. The van der Waals surface area contributed by atoms with Gasteiger partial charge in [-0.05, 0) is 50.4 Å². The van der Waals surface area contributed by atoms with Crippen molar-refractivity contribution < 1.29 is 22.7 Å². The van der Waals surface area contributed by atoms with Gasteiger partial charge in [-0.25, -0.2) is 22.9 Å². The van der Waals surface area contributed by atoms with E-state index in [4.69, 9.17) is 9.73 Å². The van der Waals surface area contributed by atoms with Crippen LogP contribution < -0.4 is 5.32 Å². The topological polar surface area (TPSA) is 125 Å². The summed E-state index contributed by atoms with van der Waals surface area (Å²) in [5, 5.41) is 19.9. The van der Waals surface area contributed by atoms with Crippen LogP contribution in [-0.2, 0) is 14.9 Å². The molecular formula is C30H36F3N9O2S. The minimum atomic E-state index is -2.98. The fraction of sp³-hybridized carbons (Fsp3) is 0.533. The van der Waals surface area contributed by atoms with Gasteiger partial charge in [-0.1, -0.05) is 31.2 Å². The number of ether oxygens (including phenoxy) is 1. The molecule has 0 amide bonds. The lowest BCUT2D eigenvalue weighted by Crippen LogP contribution is -2.46. The zero-order chi connectivity index (χ0) is 31.9. The number of H-pyrrole nitrogens is 1. The monoisotopic (exact) mass is 643 g/mol. The number of nitrogens with one attached hydrogen (secondary N) is 2. The van der Waals surface area contributed by atoms with Crippen LogP contribution in [0.25, 0.3) is 0 Å². The Hall–Kier alpha value is -3.69. The van der Waals surface area contributed by atoms with Gasteiger partial charge in [0, 0.05) is 41.8 Å². The number of esters is 1. The Morgan fingerprint density at radius 1 is 1.27 bits per heavy atom. The molecule has 0 unspecified atom stereocenters. The summed E-state index contributed by atoms with van der Waals surface area (Å²) in [5.74, 6) is -3.12. The molecule has 15 heteroatoms. The third-order valence-corrected chi connectivity index (χ3v) is 9.76. The van der Waals surface area contributed by atoms with Crippen LogP contribution in [0.4, 0.5) is 13.2 Å². The van der Waals surface area contributed by atoms with Crippen LogP contribution in [0.3, 0.4) is 0 Å². The molecule has 2 aromatic heterocycles. The minimum absolute atomic E-state index is 0.0301. The molecule has 0 spiro atoms. The van der Waals surface area contributed by atoms with E-state index in [2.05, 4.69) is 30.9 Å². The molecule has 0 radical (unpaired) electrons. The number of nitrogens with zero attached hydrogens (tertiary/aromatic N) is 7. The van der Waals surface area contributed by atoms with E-state index in [-0.39, 0.29) is 18.7 Å². The Kier molecular flexibility index (Phi) is 8.52. The molecule has 45 heavy (non-hydrogen) atoms. The molecule has 0 aliphatic carbocycles. The van der Waals surface area contributed by atoms with Crippen molar-refractivity contribution in [2.24, 2.45) is 4.99 Å². The third kappa shape index (κ3) is 6.00. The number of benzene rings is 1. The van der Waals surface area contributed by atoms with Crippen molar-refractivity contribution in [1.82, 2.24) is 40.7 Å². The molecule has 1 aromatic carbocycles. The molecule has 3 aliphatic heterocycles. The highest BCUT2D eigenvalue weighted by molar-refractivity contribution is 7.11. The summed E-state index contributed by atoms with van der Waals surface area (Å²) in [6.45, 7) is 7.90. The van der Waals surface area contributed by atoms with E-state index >= 15 is 8.78 Å². The molecule has 2 fully saturated rings. The Morgan fingerprint density at radius 2 is 2.09 bits per heavy atom. The van der Waals surface area contributed by atoms with Crippen molar-refractivity contribution in [3.05, 3.63) is 68.8 Å². The fourth-order valence-corrected chi connectivity index (χ4v) is 7.21. The van der Waals surface area contributed by atoms with E-state index < -0.39 is 47.8 Å². The van der Waals surface area contributed by atoms with Crippen LogP contribution in [-0.4, -0.2) is 98.0 Å².